The van der Waals surface area contributed by atoms with Gasteiger partial charge in [0.15, 0.2) is 0 Å². The van der Waals surface area contributed by atoms with Crippen LogP contribution in [0.2, 0.25) is 0 Å². The van der Waals surface area contributed by atoms with Gasteiger partial charge in [0.2, 0.25) is 5.88 Å². The zero-order valence-electron chi connectivity index (χ0n) is 15.3. The first-order valence-electron chi connectivity index (χ1n) is 8.24. The summed E-state index contributed by atoms with van der Waals surface area (Å²) in [5, 5.41) is 0. The zero-order chi connectivity index (χ0) is 18.8. The molecule has 6 heteroatoms. The summed E-state index contributed by atoms with van der Waals surface area (Å²) >= 11 is 0. The predicted molar refractivity (Wildman–Crippen MR) is 95.9 cm³/mol. The lowest BCUT2D eigenvalue weighted by molar-refractivity contribution is -0.144. The van der Waals surface area contributed by atoms with E-state index in [-0.39, 0.29) is 17.9 Å². The Balaban J connectivity index is 2.59. The van der Waals surface area contributed by atoms with Gasteiger partial charge < -0.3 is 4.74 Å². The molecule has 1 aromatic carbocycles. The molecule has 0 bridgehead atoms. The second-order valence-corrected chi connectivity index (χ2v) is 6.78. The highest BCUT2D eigenvalue weighted by Gasteiger charge is 2.30. The number of nitrogens with zero attached hydrogens (tertiary/aromatic N) is 2. The summed E-state index contributed by atoms with van der Waals surface area (Å²) in [6.07, 6.45) is 0.857. The van der Waals surface area contributed by atoms with E-state index in [9.17, 15) is 14.4 Å². The van der Waals surface area contributed by atoms with Gasteiger partial charge in [-0.25, -0.2) is 4.79 Å². The molecule has 2 rings (SSSR count). The van der Waals surface area contributed by atoms with E-state index in [0.29, 0.717) is 6.42 Å². The Morgan fingerprint density at radius 3 is 2.24 bits per heavy atom. The molecule has 25 heavy (non-hydrogen) atoms. The lowest BCUT2D eigenvalue weighted by Gasteiger charge is -2.22. The molecule has 0 aliphatic carbocycles. The topological polar surface area (TPSA) is 70.3 Å². The molecule has 134 valence electrons. The van der Waals surface area contributed by atoms with E-state index >= 15 is 0 Å². The zero-order valence-corrected chi connectivity index (χ0v) is 15.3. The summed E-state index contributed by atoms with van der Waals surface area (Å²) < 4.78 is 7.77. The van der Waals surface area contributed by atoms with Crippen molar-refractivity contribution in [1.29, 1.82) is 0 Å². The summed E-state index contributed by atoms with van der Waals surface area (Å²) in [6.45, 7) is 5.42. The average molecular weight is 344 g/mol. The SMILES string of the molecule is CCC(C)(C)C(=O)Oc1c(Cc2ccccc2)c(=O)n(C)c(=O)n1C. The van der Waals surface area contributed by atoms with Crippen LogP contribution in [0.15, 0.2) is 39.9 Å². The number of esters is 1. The fraction of sp³-hybridized carbons (Fsp3) is 0.421. The smallest absolute Gasteiger partial charge is 0.333 e. The van der Waals surface area contributed by atoms with Gasteiger partial charge in [0.05, 0.1) is 11.0 Å². The van der Waals surface area contributed by atoms with Crippen molar-refractivity contribution in [2.45, 2.75) is 33.6 Å². The minimum absolute atomic E-state index is 0.0171. The van der Waals surface area contributed by atoms with Crippen molar-refractivity contribution in [3.05, 3.63) is 62.3 Å². The number of carbonyl (C=O) groups is 1. The van der Waals surface area contributed by atoms with Crippen LogP contribution in [0, 0.1) is 5.41 Å². The lowest BCUT2D eigenvalue weighted by Crippen LogP contribution is -2.41. The minimum atomic E-state index is -0.707. The molecular formula is C19H24N2O4. The van der Waals surface area contributed by atoms with Crippen LogP contribution in [0.3, 0.4) is 0 Å². The molecule has 1 heterocycles. The van der Waals surface area contributed by atoms with Gasteiger partial charge in [0.25, 0.3) is 5.56 Å². The quantitative estimate of drug-likeness (QED) is 0.778. The van der Waals surface area contributed by atoms with Crippen molar-refractivity contribution in [2.24, 2.45) is 19.5 Å². The van der Waals surface area contributed by atoms with Gasteiger partial charge in [-0.2, -0.15) is 0 Å². The first-order valence-corrected chi connectivity index (χ1v) is 8.24. The number of rotatable bonds is 5. The maximum Gasteiger partial charge on any atom is 0.333 e. The van der Waals surface area contributed by atoms with Gasteiger partial charge in [-0.15, -0.1) is 0 Å². The van der Waals surface area contributed by atoms with Crippen LogP contribution >= 0.6 is 0 Å². The highest BCUT2D eigenvalue weighted by molar-refractivity contribution is 5.78. The average Bonchev–Trinajstić information content (AvgIpc) is 2.61. The normalized spacial score (nSPS) is 11.4. The number of ether oxygens (including phenoxy) is 1. The van der Waals surface area contributed by atoms with Crippen molar-refractivity contribution in [1.82, 2.24) is 9.13 Å². The first kappa shape index (κ1) is 18.7. The minimum Gasteiger partial charge on any atom is -0.408 e. The maximum atomic E-state index is 12.6. The Morgan fingerprint density at radius 2 is 1.68 bits per heavy atom. The largest absolute Gasteiger partial charge is 0.408 e. The third-order valence-electron chi connectivity index (χ3n) is 4.55. The molecule has 0 unspecified atom stereocenters. The van der Waals surface area contributed by atoms with Crippen LogP contribution in [0.1, 0.15) is 38.3 Å². The molecule has 2 aromatic rings. The molecule has 0 aliphatic rings. The van der Waals surface area contributed by atoms with Gasteiger partial charge in [0.1, 0.15) is 0 Å². The Labute approximate surface area is 146 Å². The van der Waals surface area contributed by atoms with Gasteiger partial charge in [-0.05, 0) is 25.8 Å². The molecule has 0 radical (unpaired) electrons. The van der Waals surface area contributed by atoms with Gasteiger partial charge in [-0.1, -0.05) is 37.3 Å². The summed E-state index contributed by atoms with van der Waals surface area (Å²) in [5.74, 6) is -0.448. The predicted octanol–water partition coefficient (Wildman–Crippen LogP) is 2.02. The molecule has 1 aromatic heterocycles. The summed E-state index contributed by atoms with van der Waals surface area (Å²) in [4.78, 5) is 37.4. The van der Waals surface area contributed by atoms with E-state index in [0.717, 1.165) is 10.1 Å². The Kier molecular flexibility index (Phi) is 5.30. The van der Waals surface area contributed by atoms with Crippen molar-refractivity contribution in [3.63, 3.8) is 0 Å². The first-order chi connectivity index (χ1) is 11.7. The maximum absolute atomic E-state index is 12.6. The van der Waals surface area contributed by atoms with E-state index in [2.05, 4.69) is 0 Å². The van der Waals surface area contributed by atoms with Crippen LogP contribution in [0.5, 0.6) is 5.88 Å². The second-order valence-electron chi connectivity index (χ2n) is 6.78. The second kappa shape index (κ2) is 7.09. The van der Waals surface area contributed by atoms with Crippen molar-refractivity contribution >= 4 is 5.97 Å². The highest BCUT2D eigenvalue weighted by Crippen LogP contribution is 2.24. The Morgan fingerprint density at radius 1 is 1.08 bits per heavy atom. The molecule has 0 saturated carbocycles. The molecule has 0 saturated heterocycles. The molecule has 0 spiro atoms. The van der Waals surface area contributed by atoms with Crippen LogP contribution in [0.25, 0.3) is 0 Å². The molecule has 0 N–H and O–H groups in total. The van der Waals surface area contributed by atoms with E-state index < -0.39 is 22.6 Å². The Hall–Kier alpha value is -2.63. The van der Waals surface area contributed by atoms with Crippen LogP contribution in [0.4, 0.5) is 0 Å². The van der Waals surface area contributed by atoms with Crippen molar-refractivity contribution < 1.29 is 9.53 Å². The number of benzene rings is 1. The standard InChI is InChI=1S/C19H24N2O4/c1-6-19(2,3)17(23)25-16-14(12-13-10-8-7-9-11-13)15(22)20(4)18(24)21(16)5/h7-11H,6,12H2,1-5H3. The van der Waals surface area contributed by atoms with Crippen LogP contribution in [-0.2, 0) is 25.3 Å². The van der Waals surface area contributed by atoms with Crippen LogP contribution < -0.4 is 16.0 Å². The van der Waals surface area contributed by atoms with Crippen molar-refractivity contribution in [3.8, 4) is 5.88 Å². The molecule has 0 aliphatic heterocycles. The van der Waals surface area contributed by atoms with Crippen molar-refractivity contribution in [2.75, 3.05) is 0 Å². The number of hydrogen-bond donors (Lipinski definition) is 0. The number of hydrogen-bond acceptors (Lipinski definition) is 4. The third kappa shape index (κ3) is 3.73. The lowest BCUT2D eigenvalue weighted by atomic mass is 9.91. The van der Waals surface area contributed by atoms with E-state index in [1.807, 2.05) is 37.3 Å². The molecule has 0 fully saturated rings. The molecule has 6 nitrogen and oxygen atoms in total. The van der Waals surface area contributed by atoms with Gasteiger partial charge in [-0.3, -0.25) is 18.7 Å². The van der Waals surface area contributed by atoms with Gasteiger partial charge in [0, 0.05) is 20.5 Å². The number of aromatic nitrogens is 2. The molecular weight excluding hydrogens is 320 g/mol. The van der Waals surface area contributed by atoms with E-state index in [4.69, 9.17) is 4.74 Å². The van der Waals surface area contributed by atoms with Crippen LogP contribution in [-0.4, -0.2) is 15.1 Å². The number of carbonyl (C=O) groups excluding carboxylic acids is 1. The fourth-order valence-corrected chi connectivity index (χ4v) is 2.35. The third-order valence-corrected chi connectivity index (χ3v) is 4.55. The fourth-order valence-electron chi connectivity index (χ4n) is 2.35. The van der Waals surface area contributed by atoms with Gasteiger partial charge >= 0.3 is 11.7 Å². The molecule has 0 amide bonds. The van der Waals surface area contributed by atoms with E-state index in [1.54, 1.807) is 13.8 Å². The molecule has 0 atom stereocenters. The monoisotopic (exact) mass is 344 g/mol. The van der Waals surface area contributed by atoms with E-state index in [1.165, 1.54) is 18.7 Å². The summed E-state index contributed by atoms with van der Waals surface area (Å²) in [7, 11) is 2.92. The Bertz CT molecular complexity index is 892. The highest BCUT2D eigenvalue weighted by atomic mass is 16.5. The summed E-state index contributed by atoms with van der Waals surface area (Å²) in [6, 6.07) is 9.38. The summed E-state index contributed by atoms with van der Waals surface area (Å²) in [5.41, 5.74) is -0.509.